The molecule has 1 aromatic carbocycles. The maximum Gasteiger partial charge on any atom is 0.274 e. The van der Waals surface area contributed by atoms with Crippen LogP contribution in [0.5, 0.6) is 5.75 Å². The summed E-state index contributed by atoms with van der Waals surface area (Å²) in [5.41, 5.74) is 3.41. The van der Waals surface area contributed by atoms with E-state index in [0.29, 0.717) is 23.1 Å². The van der Waals surface area contributed by atoms with Gasteiger partial charge in [0.1, 0.15) is 11.4 Å². The minimum Gasteiger partial charge on any atom is -0.492 e. The Labute approximate surface area is 170 Å². The monoisotopic (exact) mass is 405 g/mol. The van der Waals surface area contributed by atoms with Gasteiger partial charge in [-0.15, -0.1) is 10.2 Å². The number of hydrazone groups is 1. The zero-order valence-electron chi connectivity index (χ0n) is 16.5. The number of hydrogen-bond donors (Lipinski definition) is 2. The molecule has 0 aliphatic carbocycles. The highest BCUT2D eigenvalue weighted by atomic mass is 35.5. The molecule has 8 heteroatoms. The number of nitrogens with one attached hydrogen (secondary N) is 2. The van der Waals surface area contributed by atoms with Crippen LogP contribution >= 0.6 is 11.6 Å². The van der Waals surface area contributed by atoms with Gasteiger partial charge in [-0.25, -0.2) is 5.43 Å². The predicted molar refractivity (Wildman–Crippen MR) is 114 cm³/mol. The van der Waals surface area contributed by atoms with Gasteiger partial charge >= 0.3 is 0 Å². The van der Waals surface area contributed by atoms with Crippen molar-refractivity contribution in [1.82, 2.24) is 15.2 Å². The number of aromatic amines is 1. The highest BCUT2D eigenvalue weighted by Gasteiger charge is 2.03. The highest BCUT2D eigenvalue weighted by molar-refractivity contribution is 6.32. The van der Waals surface area contributed by atoms with Crippen molar-refractivity contribution in [2.45, 2.75) is 58.8 Å². The Morgan fingerprint density at radius 1 is 1.18 bits per heavy atom. The third-order valence-corrected chi connectivity index (χ3v) is 4.50. The van der Waals surface area contributed by atoms with E-state index in [-0.39, 0.29) is 11.5 Å². The number of halogens is 1. The maximum atomic E-state index is 11.5. The number of nitrogens with zero attached hydrogens (tertiary/aromatic N) is 3. The van der Waals surface area contributed by atoms with Crippen molar-refractivity contribution in [3.8, 4) is 5.75 Å². The van der Waals surface area contributed by atoms with Crippen LogP contribution in [0.15, 0.2) is 28.1 Å². The molecular weight excluding hydrogens is 378 g/mol. The lowest BCUT2D eigenvalue weighted by atomic mass is 10.1. The lowest BCUT2D eigenvalue weighted by molar-refractivity contribution is 0.304. The van der Waals surface area contributed by atoms with Gasteiger partial charge in [0.05, 0.1) is 17.8 Å². The number of benzene rings is 1. The molecule has 0 unspecified atom stereocenters. The van der Waals surface area contributed by atoms with E-state index in [1.807, 2.05) is 12.1 Å². The Bertz CT molecular complexity index is 822. The first kappa shape index (κ1) is 21.9. The SMILES string of the molecule is CCCCCCCCCOc1ccc(/C=N/Nc2nnc(C)c(=O)[nH]2)cc1Cl. The van der Waals surface area contributed by atoms with Crippen LogP contribution in [0.1, 0.15) is 63.1 Å². The second-order valence-electron chi connectivity index (χ2n) is 6.62. The number of ether oxygens (including phenoxy) is 1. The van der Waals surface area contributed by atoms with Crippen LogP contribution in [0.2, 0.25) is 5.02 Å². The molecule has 0 saturated carbocycles. The fraction of sp³-hybridized carbons (Fsp3) is 0.500. The number of anilines is 1. The predicted octanol–water partition coefficient (Wildman–Crippen LogP) is 4.70. The molecule has 2 aromatic rings. The summed E-state index contributed by atoms with van der Waals surface area (Å²) in [5.74, 6) is 0.846. The van der Waals surface area contributed by atoms with Gasteiger partial charge in [-0.05, 0) is 37.1 Å². The average molecular weight is 406 g/mol. The van der Waals surface area contributed by atoms with Crippen LogP contribution in [-0.4, -0.2) is 28.0 Å². The van der Waals surface area contributed by atoms with E-state index in [2.05, 4.69) is 32.6 Å². The van der Waals surface area contributed by atoms with Crippen molar-refractivity contribution in [1.29, 1.82) is 0 Å². The van der Waals surface area contributed by atoms with Gasteiger partial charge in [0.25, 0.3) is 5.56 Å². The standard InChI is InChI=1S/C20H28ClN5O2/c1-3-4-5-6-7-8-9-12-28-18-11-10-16(13-17(18)21)14-22-25-20-23-19(27)15(2)24-26-20/h10-11,13-14H,3-9,12H2,1-2H3,(H2,23,25,26,27)/b22-14+. The lowest BCUT2D eigenvalue weighted by Crippen LogP contribution is -2.15. The van der Waals surface area contributed by atoms with E-state index in [1.165, 1.54) is 38.5 Å². The summed E-state index contributed by atoms with van der Waals surface area (Å²) in [6.45, 7) is 4.48. The van der Waals surface area contributed by atoms with Crippen LogP contribution in [0.25, 0.3) is 0 Å². The minimum atomic E-state index is -0.307. The van der Waals surface area contributed by atoms with Crippen molar-refractivity contribution in [3.05, 3.63) is 44.8 Å². The number of aryl methyl sites for hydroxylation is 1. The number of unbranched alkanes of at least 4 members (excludes halogenated alkanes) is 6. The molecule has 0 amide bonds. The van der Waals surface area contributed by atoms with Gasteiger partial charge in [-0.1, -0.05) is 57.0 Å². The summed E-state index contributed by atoms with van der Waals surface area (Å²) in [6.07, 6.45) is 10.3. The topological polar surface area (TPSA) is 92.3 Å². The fourth-order valence-electron chi connectivity index (χ4n) is 2.57. The molecule has 0 fully saturated rings. The Kier molecular flexibility index (Phi) is 9.48. The zero-order chi connectivity index (χ0) is 20.2. The normalized spacial score (nSPS) is 11.1. The molecule has 0 radical (unpaired) electrons. The van der Waals surface area contributed by atoms with Crippen molar-refractivity contribution < 1.29 is 4.74 Å². The molecule has 0 aliphatic rings. The Morgan fingerprint density at radius 2 is 1.93 bits per heavy atom. The van der Waals surface area contributed by atoms with E-state index in [0.717, 1.165) is 12.0 Å². The Morgan fingerprint density at radius 3 is 2.64 bits per heavy atom. The molecule has 0 aliphatic heterocycles. The lowest BCUT2D eigenvalue weighted by Gasteiger charge is -2.08. The van der Waals surface area contributed by atoms with Crippen molar-refractivity contribution in [3.63, 3.8) is 0 Å². The van der Waals surface area contributed by atoms with E-state index in [9.17, 15) is 4.79 Å². The second kappa shape index (κ2) is 12.1. The van der Waals surface area contributed by atoms with Gasteiger partial charge in [0.15, 0.2) is 0 Å². The largest absolute Gasteiger partial charge is 0.492 e. The Hall–Kier alpha value is -2.41. The van der Waals surface area contributed by atoms with Crippen molar-refractivity contribution in [2.75, 3.05) is 12.0 Å². The molecule has 152 valence electrons. The maximum absolute atomic E-state index is 11.5. The number of rotatable bonds is 12. The molecule has 2 N–H and O–H groups in total. The van der Waals surface area contributed by atoms with Gasteiger partial charge in [-0.2, -0.15) is 5.10 Å². The first-order valence-electron chi connectivity index (χ1n) is 9.75. The molecule has 1 aromatic heterocycles. The van der Waals surface area contributed by atoms with Crippen LogP contribution in [0.3, 0.4) is 0 Å². The summed E-state index contributed by atoms with van der Waals surface area (Å²) in [7, 11) is 0. The molecule has 0 bridgehead atoms. The van der Waals surface area contributed by atoms with Crippen LogP contribution in [-0.2, 0) is 0 Å². The van der Waals surface area contributed by atoms with Crippen molar-refractivity contribution in [2.24, 2.45) is 5.10 Å². The Balaban J connectivity index is 1.75. The third kappa shape index (κ3) is 7.68. The molecule has 7 nitrogen and oxygen atoms in total. The first-order valence-corrected chi connectivity index (χ1v) is 10.1. The molecule has 1 heterocycles. The van der Waals surface area contributed by atoms with E-state index >= 15 is 0 Å². The van der Waals surface area contributed by atoms with Gasteiger partial charge in [-0.3, -0.25) is 9.78 Å². The summed E-state index contributed by atoms with van der Waals surface area (Å²) in [5, 5.41) is 12.1. The van der Waals surface area contributed by atoms with Gasteiger partial charge < -0.3 is 4.74 Å². The van der Waals surface area contributed by atoms with Gasteiger partial charge in [0, 0.05) is 0 Å². The first-order chi connectivity index (χ1) is 13.6. The van der Waals surface area contributed by atoms with E-state index in [1.54, 1.807) is 19.2 Å². The number of aromatic nitrogens is 3. The zero-order valence-corrected chi connectivity index (χ0v) is 17.3. The molecule has 0 saturated heterocycles. The van der Waals surface area contributed by atoms with Crippen LogP contribution in [0.4, 0.5) is 5.95 Å². The smallest absolute Gasteiger partial charge is 0.274 e. The van der Waals surface area contributed by atoms with Crippen molar-refractivity contribution >= 4 is 23.8 Å². The molecule has 2 rings (SSSR count). The van der Waals surface area contributed by atoms with E-state index in [4.69, 9.17) is 16.3 Å². The number of H-pyrrole nitrogens is 1. The second-order valence-corrected chi connectivity index (χ2v) is 7.02. The van der Waals surface area contributed by atoms with Gasteiger partial charge in [0.2, 0.25) is 5.95 Å². The highest BCUT2D eigenvalue weighted by Crippen LogP contribution is 2.25. The molecule has 0 atom stereocenters. The van der Waals surface area contributed by atoms with Crippen LogP contribution < -0.4 is 15.7 Å². The molecule has 0 spiro atoms. The average Bonchev–Trinajstić information content (AvgIpc) is 2.68. The molecule has 28 heavy (non-hydrogen) atoms. The summed E-state index contributed by atoms with van der Waals surface area (Å²) < 4.78 is 5.77. The molecular formula is C20H28ClN5O2. The minimum absolute atomic E-state index is 0.174. The summed E-state index contributed by atoms with van der Waals surface area (Å²) in [6, 6.07) is 5.47. The third-order valence-electron chi connectivity index (χ3n) is 4.21. The fourth-order valence-corrected chi connectivity index (χ4v) is 2.81. The summed E-state index contributed by atoms with van der Waals surface area (Å²) in [4.78, 5) is 14.0. The summed E-state index contributed by atoms with van der Waals surface area (Å²) >= 11 is 6.28. The number of hydrogen-bond acceptors (Lipinski definition) is 6. The van der Waals surface area contributed by atoms with E-state index < -0.39 is 0 Å². The van der Waals surface area contributed by atoms with Crippen LogP contribution in [0, 0.1) is 6.92 Å². The quantitative estimate of drug-likeness (QED) is 0.303.